The highest BCUT2D eigenvalue weighted by molar-refractivity contribution is 6.29. The second kappa shape index (κ2) is 4.20. The fraction of sp³-hybridized carbons (Fsp3) is 0.556. The molecule has 1 aliphatic rings. The van der Waals surface area contributed by atoms with E-state index < -0.39 is 5.97 Å². The van der Waals surface area contributed by atoms with E-state index in [9.17, 15) is 4.79 Å². The maximum Gasteiger partial charge on any atom is 0.304 e. The lowest BCUT2D eigenvalue weighted by Gasteiger charge is -2.27. The Morgan fingerprint density at radius 1 is 1.60 bits per heavy atom. The first-order chi connectivity index (χ1) is 7.16. The largest absolute Gasteiger partial charge is 0.481 e. The second-order valence-corrected chi connectivity index (χ2v) is 3.96. The molecule has 5 nitrogen and oxygen atoms in total. The van der Waals surface area contributed by atoms with Crippen LogP contribution in [0.1, 0.15) is 12.2 Å². The van der Waals surface area contributed by atoms with Crippen molar-refractivity contribution in [1.29, 1.82) is 0 Å². The van der Waals surface area contributed by atoms with Crippen molar-refractivity contribution in [2.45, 2.75) is 19.5 Å². The van der Waals surface area contributed by atoms with Crippen LogP contribution >= 0.6 is 11.6 Å². The van der Waals surface area contributed by atoms with E-state index in [1.54, 1.807) is 6.20 Å². The number of nitrogens with zero attached hydrogens (tertiary/aromatic N) is 3. The number of hydrogen-bond donors (Lipinski definition) is 1. The molecule has 0 bridgehead atoms. The number of imidazole rings is 1. The third kappa shape index (κ3) is 2.30. The average Bonchev–Trinajstić information content (AvgIpc) is 2.57. The van der Waals surface area contributed by atoms with Crippen LogP contribution < -0.4 is 0 Å². The lowest BCUT2D eigenvalue weighted by Crippen LogP contribution is -2.35. The van der Waals surface area contributed by atoms with Gasteiger partial charge in [0.25, 0.3) is 0 Å². The van der Waals surface area contributed by atoms with Gasteiger partial charge in [-0.2, -0.15) is 0 Å². The quantitative estimate of drug-likeness (QED) is 0.834. The zero-order valence-electron chi connectivity index (χ0n) is 8.19. The van der Waals surface area contributed by atoms with Crippen molar-refractivity contribution in [3.63, 3.8) is 0 Å². The Morgan fingerprint density at radius 3 is 3.13 bits per heavy atom. The van der Waals surface area contributed by atoms with E-state index in [-0.39, 0.29) is 6.42 Å². The molecule has 0 spiro atoms. The van der Waals surface area contributed by atoms with Crippen LogP contribution in [0.3, 0.4) is 0 Å². The molecule has 0 saturated heterocycles. The number of hydrogen-bond acceptors (Lipinski definition) is 3. The molecule has 1 aromatic rings. The predicted molar refractivity (Wildman–Crippen MR) is 54.8 cm³/mol. The summed E-state index contributed by atoms with van der Waals surface area (Å²) in [6.07, 6.45) is 1.81. The smallest absolute Gasteiger partial charge is 0.304 e. The summed E-state index contributed by atoms with van der Waals surface area (Å²) in [5, 5.41) is 9.23. The van der Waals surface area contributed by atoms with Gasteiger partial charge < -0.3 is 9.67 Å². The molecule has 0 atom stereocenters. The third-order valence-electron chi connectivity index (χ3n) is 2.54. The molecule has 1 N–H and O–H groups in total. The molecule has 6 heteroatoms. The Labute approximate surface area is 92.3 Å². The highest BCUT2D eigenvalue weighted by Crippen LogP contribution is 2.17. The Morgan fingerprint density at radius 2 is 2.40 bits per heavy atom. The van der Waals surface area contributed by atoms with Crippen LogP contribution in [0.4, 0.5) is 0 Å². The van der Waals surface area contributed by atoms with Gasteiger partial charge >= 0.3 is 5.97 Å². The van der Waals surface area contributed by atoms with Gasteiger partial charge in [0.15, 0.2) is 0 Å². The summed E-state index contributed by atoms with van der Waals surface area (Å²) in [7, 11) is 0. The summed E-state index contributed by atoms with van der Waals surface area (Å²) in [5.74, 6) is 0.151. The van der Waals surface area contributed by atoms with Gasteiger partial charge in [-0.25, -0.2) is 4.98 Å². The second-order valence-electron chi connectivity index (χ2n) is 3.57. The predicted octanol–water partition coefficient (Wildman–Crippen LogP) is 0.827. The van der Waals surface area contributed by atoms with Gasteiger partial charge in [0.2, 0.25) is 0 Å². The van der Waals surface area contributed by atoms with E-state index in [2.05, 4.69) is 9.88 Å². The molecule has 82 valence electrons. The van der Waals surface area contributed by atoms with E-state index in [1.165, 1.54) is 0 Å². The molecular formula is C9H12ClN3O2. The molecule has 2 heterocycles. The number of carboxylic acids is 1. The molecule has 0 aromatic carbocycles. The number of fused-ring (bicyclic) bond motifs is 1. The van der Waals surface area contributed by atoms with Gasteiger partial charge in [-0.1, -0.05) is 11.6 Å². The van der Waals surface area contributed by atoms with Gasteiger partial charge in [-0.15, -0.1) is 0 Å². The molecular weight excluding hydrogens is 218 g/mol. The minimum atomic E-state index is -0.762. The molecule has 0 saturated carbocycles. The van der Waals surface area contributed by atoms with Crippen LogP contribution in [0.5, 0.6) is 0 Å². The van der Waals surface area contributed by atoms with E-state index in [1.807, 2.05) is 4.57 Å². The normalized spacial score (nSPS) is 16.3. The van der Waals surface area contributed by atoms with Gasteiger partial charge in [-0.3, -0.25) is 9.69 Å². The van der Waals surface area contributed by atoms with Crippen molar-refractivity contribution in [3.8, 4) is 0 Å². The highest BCUT2D eigenvalue weighted by atomic mass is 35.5. The minimum Gasteiger partial charge on any atom is -0.481 e. The van der Waals surface area contributed by atoms with E-state index in [0.29, 0.717) is 18.2 Å². The first-order valence-electron chi connectivity index (χ1n) is 4.81. The third-order valence-corrected chi connectivity index (χ3v) is 2.84. The van der Waals surface area contributed by atoms with Crippen LogP contribution in [0.2, 0.25) is 5.15 Å². The van der Waals surface area contributed by atoms with Crippen molar-refractivity contribution in [2.75, 3.05) is 13.1 Å². The zero-order valence-corrected chi connectivity index (χ0v) is 8.94. The first-order valence-corrected chi connectivity index (χ1v) is 5.18. The Bertz CT molecular complexity index is 377. The van der Waals surface area contributed by atoms with Gasteiger partial charge in [-0.05, 0) is 0 Å². The molecule has 15 heavy (non-hydrogen) atoms. The molecule has 0 fully saturated rings. The molecule has 2 rings (SSSR count). The molecule has 0 unspecified atom stereocenters. The number of aromatic nitrogens is 2. The van der Waals surface area contributed by atoms with Crippen molar-refractivity contribution in [1.82, 2.24) is 14.5 Å². The molecule has 0 aliphatic carbocycles. The van der Waals surface area contributed by atoms with Gasteiger partial charge in [0, 0.05) is 19.6 Å². The summed E-state index contributed by atoms with van der Waals surface area (Å²) < 4.78 is 1.96. The summed E-state index contributed by atoms with van der Waals surface area (Å²) in [4.78, 5) is 16.7. The number of aliphatic carboxylic acids is 1. The molecule has 1 aliphatic heterocycles. The molecule has 0 amide bonds. The summed E-state index contributed by atoms with van der Waals surface area (Å²) in [6.45, 7) is 2.87. The Kier molecular flexibility index (Phi) is 2.93. The average molecular weight is 230 g/mol. The van der Waals surface area contributed by atoms with Crippen molar-refractivity contribution in [3.05, 3.63) is 17.2 Å². The van der Waals surface area contributed by atoms with Crippen molar-refractivity contribution >= 4 is 17.6 Å². The van der Waals surface area contributed by atoms with Crippen LogP contribution in [0.25, 0.3) is 0 Å². The summed E-state index contributed by atoms with van der Waals surface area (Å²) in [6, 6.07) is 0. The van der Waals surface area contributed by atoms with E-state index in [0.717, 1.165) is 18.9 Å². The Balaban J connectivity index is 1.97. The SMILES string of the molecule is O=C(O)CCN1CCn2c(Cl)cnc2C1. The van der Waals surface area contributed by atoms with Crippen molar-refractivity contribution < 1.29 is 9.90 Å². The minimum absolute atomic E-state index is 0.175. The van der Waals surface area contributed by atoms with Gasteiger partial charge in [0.05, 0.1) is 19.2 Å². The lowest BCUT2D eigenvalue weighted by molar-refractivity contribution is -0.137. The highest BCUT2D eigenvalue weighted by Gasteiger charge is 2.19. The maximum absolute atomic E-state index is 10.4. The molecule has 1 aromatic heterocycles. The number of carbonyl (C=O) groups is 1. The fourth-order valence-electron chi connectivity index (χ4n) is 1.72. The zero-order chi connectivity index (χ0) is 10.8. The van der Waals surface area contributed by atoms with E-state index in [4.69, 9.17) is 16.7 Å². The number of rotatable bonds is 3. The molecule has 0 radical (unpaired) electrons. The van der Waals surface area contributed by atoms with Crippen LogP contribution in [-0.4, -0.2) is 38.6 Å². The monoisotopic (exact) mass is 229 g/mol. The summed E-state index contributed by atoms with van der Waals surface area (Å²) in [5.41, 5.74) is 0. The van der Waals surface area contributed by atoms with Gasteiger partial charge in [0.1, 0.15) is 11.0 Å². The van der Waals surface area contributed by atoms with Crippen LogP contribution in [0.15, 0.2) is 6.20 Å². The Hall–Kier alpha value is -1.07. The fourth-order valence-corrected chi connectivity index (χ4v) is 1.95. The summed E-state index contributed by atoms with van der Waals surface area (Å²) >= 11 is 5.92. The standard InChI is InChI=1S/C9H12ClN3O2/c10-7-5-11-8-6-12(2-1-9(14)15)3-4-13(7)8/h5H,1-4,6H2,(H,14,15). The number of carboxylic acid groups (broad SMARTS) is 1. The number of halogens is 1. The topological polar surface area (TPSA) is 58.4 Å². The maximum atomic E-state index is 10.4. The van der Waals surface area contributed by atoms with Crippen LogP contribution in [-0.2, 0) is 17.9 Å². The lowest BCUT2D eigenvalue weighted by atomic mass is 10.3. The van der Waals surface area contributed by atoms with Crippen molar-refractivity contribution in [2.24, 2.45) is 0 Å². The first kappa shape index (κ1) is 10.4. The van der Waals surface area contributed by atoms with Crippen LogP contribution in [0, 0.1) is 0 Å². The van der Waals surface area contributed by atoms with E-state index >= 15 is 0 Å².